The third kappa shape index (κ3) is 10.3. The smallest absolute Gasteiger partial charge is 0.705 e. The van der Waals surface area contributed by atoms with Crippen LogP contribution in [-0.2, 0) is 27.5 Å². The standard InChI is InChI=1S/C21H14N2.4C2H6.Pt/c1-3-7-16(8-4-1)20-13-11-18(22-20)15-19-12-14-21(23-19)17-9-5-2-6-10-17;4*1-2;/h1-7,9,11-14H,15H2;4*1-2H3;/q-4;;;;;+4. The average Bonchev–Trinajstić information content (AvgIpc) is 3.56. The second-order valence-electron chi connectivity index (χ2n) is 5.37. The molecule has 0 amide bonds. The Bertz CT molecular complexity index is 817. The van der Waals surface area contributed by atoms with Gasteiger partial charge in [-0.25, -0.2) is 11.4 Å². The van der Waals surface area contributed by atoms with E-state index in [1.807, 2.05) is 116 Å². The normalized spacial score (nSPS) is 8.50. The summed E-state index contributed by atoms with van der Waals surface area (Å²) in [5.41, 5.74) is 6.02. The monoisotopic (exact) mass is 609 g/mol. The molecule has 32 heavy (non-hydrogen) atoms. The van der Waals surface area contributed by atoms with Gasteiger partial charge in [0.25, 0.3) is 0 Å². The van der Waals surface area contributed by atoms with Crippen LogP contribution in [0.1, 0.15) is 66.8 Å². The molecule has 3 heteroatoms. The molecular weight excluding hydrogens is 571 g/mol. The van der Waals surface area contributed by atoms with Crippen LogP contribution >= 0.6 is 0 Å². The summed E-state index contributed by atoms with van der Waals surface area (Å²) in [5, 5.41) is 0. The zero-order chi connectivity index (χ0) is 23.5. The molecule has 4 aromatic rings. The summed E-state index contributed by atoms with van der Waals surface area (Å²) in [6.07, 6.45) is 0.736. The first-order chi connectivity index (χ1) is 15.4. The number of benzene rings is 2. The topological polar surface area (TPSA) is 28.2 Å². The zero-order valence-electron chi connectivity index (χ0n) is 20.8. The van der Waals surface area contributed by atoms with Gasteiger partial charge in [-0.3, -0.25) is 0 Å². The Hall–Kier alpha value is -2.31. The fourth-order valence-corrected chi connectivity index (χ4v) is 2.60. The molecule has 0 unspecified atom stereocenters. The summed E-state index contributed by atoms with van der Waals surface area (Å²) >= 11 is 0. The molecule has 0 radical (unpaired) electrons. The molecule has 0 aliphatic rings. The summed E-state index contributed by atoms with van der Waals surface area (Å²) in [6, 6.07) is 30.4. The summed E-state index contributed by atoms with van der Waals surface area (Å²) < 4.78 is 0. The quantitative estimate of drug-likeness (QED) is 0.218. The minimum absolute atomic E-state index is 0. The molecule has 0 aliphatic carbocycles. The largest absolute Gasteiger partial charge is 4.00 e. The van der Waals surface area contributed by atoms with Crippen molar-refractivity contribution in [2.24, 2.45) is 0 Å². The maximum Gasteiger partial charge on any atom is 4.00 e. The van der Waals surface area contributed by atoms with Crippen LogP contribution < -0.4 is 9.97 Å². The van der Waals surface area contributed by atoms with Crippen LogP contribution in [0.15, 0.2) is 72.8 Å². The third-order valence-corrected chi connectivity index (χ3v) is 3.73. The second-order valence-corrected chi connectivity index (χ2v) is 5.37. The van der Waals surface area contributed by atoms with E-state index in [0.717, 1.165) is 40.3 Å². The van der Waals surface area contributed by atoms with E-state index in [1.165, 1.54) is 0 Å². The molecule has 0 aliphatic heterocycles. The third-order valence-electron chi connectivity index (χ3n) is 3.73. The molecule has 2 heterocycles. The summed E-state index contributed by atoms with van der Waals surface area (Å²) in [6.45, 7) is 16.0. The SMILES string of the molecule is CC.CC.CC.CC.[Pt+4].[c-]1ccccc1-c1ccc(Cc2ccc(-c3[c-]cccc3)[n-]2)[n-]1. The number of rotatable bonds is 4. The minimum Gasteiger partial charge on any atom is -0.705 e. The molecule has 0 N–H and O–H groups in total. The number of nitrogens with zero attached hydrogens (tertiary/aromatic N) is 2. The Morgan fingerprint density at radius 2 is 0.906 bits per heavy atom. The van der Waals surface area contributed by atoms with Crippen LogP contribution in [0.25, 0.3) is 22.5 Å². The number of hydrogen-bond donors (Lipinski definition) is 0. The molecular formula is C29H38N2Pt. The molecule has 2 nitrogen and oxygen atoms in total. The first-order valence-corrected chi connectivity index (χ1v) is 11.6. The molecule has 0 saturated carbocycles. The van der Waals surface area contributed by atoms with Crippen LogP contribution in [0, 0.1) is 12.1 Å². The number of hydrogen-bond acceptors (Lipinski definition) is 0. The van der Waals surface area contributed by atoms with Crippen molar-refractivity contribution < 1.29 is 21.1 Å². The minimum atomic E-state index is 0. The first-order valence-electron chi connectivity index (χ1n) is 11.6. The van der Waals surface area contributed by atoms with Gasteiger partial charge in [0.2, 0.25) is 0 Å². The van der Waals surface area contributed by atoms with Gasteiger partial charge >= 0.3 is 21.1 Å². The number of aromatic nitrogens is 2. The van der Waals surface area contributed by atoms with Gasteiger partial charge in [-0.1, -0.05) is 67.5 Å². The van der Waals surface area contributed by atoms with Gasteiger partial charge in [0, 0.05) is 0 Å². The van der Waals surface area contributed by atoms with E-state index < -0.39 is 0 Å². The van der Waals surface area contributed by atoms with Gasteiger partial charge < -0.3 is 9.97 Å². The molecule has 4 rings (SSSR count). The van der Waals surface area contributed by atoms with E-state index in [2.05, 4.69) is 34.2 Å². The van der Waals surface area contributed by atoms with Crippen LogP contribution in [0.2, 0.25) is 0 Å². The summed E-state index contributed by atoms with van der Waals surface area (Å²) in [4.78, 5) is 9.36. The van der Waals surface area contributed by atoms with Crippen LogP contribution in [0.3, 0.4) is 0 Å². The second kappa shape index (κ2) is 20.6. The van der Waals surface area contributed by atoms with E-state index in [1.54, 1.807) is 0 Å². The van der Waals surface area contributed by atoms with E-state index >= 15 is 0 Å². The molecule has 0 atom stereocenters. The van der Waals surface area contributed by atoms with Crippen molar-refractivity contribution in [3.63, 3.8) is 0 Å². The van der Waals surface area contributed by atoms with Crippen molar-refractivity contribution in [1.82, 2.24) is 9.97 Å². The van der Waals surface area contributed by atoms with E-state index in [4.69, 9.17) is 0 Å². The van der Waals surface area contributed by atoms with Crippen molar-refractivity contribution in [3.05, 3.63) is 96.3 Å². The van der Waals surface area contributed by atoms with Gasteiger partial charge in [-0.2, -0.15) is 22.5 Å². The maximum absolute atomic E-state index is 4.68. The van der Waals surface area contributed by atoms with Gasteiger partial charge in [-0.05, 0) is 6.42 Å². The zero-order valence-corrected chi connectivity index (χ0v) is 23.1. The average molecular weight is 610 g/mol. The van der Waals surface area contributed by atoms with Crippen molar-refractivity contribution in [2.45, 2.75) is 61.8 Å². The Morgan fingerprint density at radius 3 is 1.22 bits per heavy atom. The molecule has 0 bridgehead atoms. The van der Waals surface area contributed by atoms with Crippen LogP contribution in [0.5, 0.6) is 0 Å². The molecule has 2 aromatic carbocycles. The summed E-state index contributed by atoms with van der Waals surface area (Å²) in [7, 11) is 0. The van der Waals surface area contributed by atoms with Crippen molar-refractivity contribution in [2.75, 3.05) is 0 Å². The van der Waals surface area contributed by atoms with E-state index in [-0.39, 0.29) is 21.1 Å². The fourth-order valence-electron chi connectivity index (χ4n) is 2.60. The first kappa shape index (κ1) is 31.9. The molecule has 174 valence electrons. The predicted octanol–water partition coefficient (Wildman–Crippen LogP) is 8.23. The summed E-state index contributed by atoms with van der Waals surface area (Å²) in [5.74, 6) is 0. The van der Waals surface area contributed by atoms with Gasteiger partial charge in [0.15, 0.2) is 0 Å². The van der Waals surface area contributed by atoms with E-state index in [9.17, 15) is 0 Å². The van der Waals surface area contributed by atoms with Crippen molar-refractivity contribution >= 4 is 0 Å². The Kier molecular flexibility index (Phi) is 20.5. The van der Waals surface area contributed by atoms with Crippen LogP contribution in [-0.4, -0.2) is 0 Å². The van der Waals surface area contributed by atoms with Crippen molar-refractivity contribution in [3.8, 4) is 22.5 Å². The molecule has 2 aromatic heterocycles. The van der Waals surface area contributed by atoms with Gasteiger partial charge in [0.05, 0.1) is 0 Å². The van der Waals surface area contributed by atoms with Crippen LogP contribution in [0.4, 0.5) is 0 Å². The maximum atomic E-state index is 4.68. The molecule has 0 spiro atoms. The van der Waals surface area contributed by atoms with Crippen molar-refractivity contribution in [1.29, 1.82) is 0 Å². The Labute approximate surface area is 211 Å². The molecule has 0 saturated heterocycles. The van der Waals surface area contributed by atoms with E-state index in [0.29, 0.717) is 0 Å². The predicted molar refractivity (Wildman–Crippen MR) is 136 cm³/mol. The fraction of sp³-hybridized carbons (Fsp3) is 0.310. The Morgan fingerprint density at radius 1 is 0.531 bits per heavy atom. The van der Waals surface area contributed by atoms with Gasteiger partial charge in [-0.15, -0.1) is 72.8 Å². The Balaban J connectivity index is 0. The molecule has 0 fully saturated rings. The van der Waals surface area contributed by atoms with Gasteiger partial charge in [0.1, 0.15) is 0 Å².